The van der Waals surface area contributed by atoms with E-state index in [4.69, 9.17) is 9.47 Å². The van der Waals surface area contributed by atoms with Crippen molar-refractivity contribution in [2.45, 2.75) is 58.5 Å². The van der Waals surface area contributed by atoms with E-state index in [0.717, 1.165) is 26.6 Å². The number of hydrogen-bond acceptors (Lipinski definition) is 6. The fraction of sp³-hybridized carbons (Fsp3) is 0.375. The molecule has 1 N–H and O–H groups in total. The first-order chi connectivity index (χ1) is 19.9. The van der Waals surface area contributed by atoms with Crippen molar-refractivity contribution in [1.29, 1.82) is 0 Å². The quantitative estimate of drug-likeness (QED) is 0.305. The highest BCUT2D eigenvalue weighted by Gasteiger charge is 2.34. The summed E-state index contributed by atoms with van der Waals surface area (Å²) in [7, 11) is -1.37. The maximum Gasteiger partial charge on any atom is 0.264 e. The summed E-state index contributed by atoms with van der Waals surface area (Å²) in [6, 6.07) is 16.6. The maximum absolute atomic E-state index is 14.2. The summed E-state index contributed by atoms with van der Waals surface area (Å²) >= 11 is 0. The number of ether oxygens (including phenoxy) is 2. The van der Waals surface area contributed by atoms with Crippen LogP contribution in [0.1, 0.15) is 42.5 Å². The second kappa shape index (κ2) is 14.2. The van der Waals surface area contributed by atoms with Crippen molar-refractivity contribution in [3.63, 3.8) is 0 Å². The predicted molar refractivity (Wildman–Crippen MR) is 164 cm³/mol. The third-order valence-electron chi connectivity index (χ3n) is 6.93. The van der Waals surface area contributed by atoms with Gasteiger partial charge in [-0.25, -0.2) is 8.42 Å². The molecule has 226 valence electrons. The predicted octanol–water partition coefficient (Wildman–Crippen LogP) is 4.77. The van der Waals surface area contributed by atoms with Gasteiger partial charge >= 0.3 is 0 Å². The lowest BCUT2D eigenvalue weighted by Crippen LogP contribution is -2.52. The summed E-state index contributed by atoms with van der Waals surface area (Å²) in [5.41, 5.74) is 3.93. The van der Waals surface area contributed by atoms with E-state index in [1.54, 1.807) is 12.1 Å². The minimum absolute atomic E-state index is 0.0621. The Kier molecular flexibility index (Phi) is 11.0. The Hall–Kier alpha value is -4.05. The van der Waals surface area contributed by atoms with Crippen LogP contribution < -0.4 is 19.1 Å². The van der Waals surface area contributed by atoms with E-state index in [1.807, 2.05) is 65.0 Å². The van der Waals surface area contributed by atoms with E-state index in [0.29, 0.717) is 24.4 Å². The molecule has 0 aliphatic carbocycles. The molecule has 0 fully saturated rings. The number of rotatable bonds is 13. The number of nitrogens with zero attached hydrogens (tertiary/aromatic N) is 2. The molecule has 2 amide bonds. The summed E-state index contributed by atoms with van der Waals surface area (Å²) < 4.78 is 40.2. The fourth-order valence-electron chi connectivity index (χ4n) is 4.83. The number of anilines is 1. The van der Waals surface area contributed by atoms with Crippen LogP contribution in [-0.4, -0.2) is 58.5 Å². The van der Waals surface area contributed by atoms with Gasteiger partial charge < -0.3 is 19.7 Å². The summed E-state index contributed by atoms with van der Waals surface area (Å²) in [6.07, 6.45) is 0.357. The zero-order chi connectivity index (χ0) is 31.0. The molecule has 0 saturated heterocycles. The molecule has 0 aliphatic heterocycles. The van der Waals surface area contributed by atoms with E-state index in [1.165, 1.54) is 37.3 Å². The van der Waals surface area contributed by atoms with Crippen LogP contribution in [-0.2, 0) is 26.2 Å². The summed E-state index contributed by atoms with van der Waals surface area (Å²) in [4.78, 5) is 28.7. The SMILES string of the molecule is CCNC(=O)[C@H](CC)N(Cc1ccc(C)cc1)C(=O)CN(c1cc(C)cc(C)c1)S(=O)(=O)c1ccc(OC)c(OC)c1. The third kappa shape index (κ3) is 7.61. The molecule has 0 aliphatic rings. The fourth-order valence-corrected chi connectivity index (χ4v) is 6.24. The minimum atomic E-state index is -4.27. The monoisotopic (exact) mass is 595 g/mol. The van der Waals surface area contributed by atoms with Crippen molar-refractivity contribution < 1.29 is 27.5 Å². The molecular weight excluding hydrogens is 554 g/mol. The number of sulfonamides is 1. The lowest BCUT2D eigenvalue weighted by Gasteiger charge is -2.33. The normalized spacial score (nSPS) is 11.9. The Labute approximate surface area is 249 Å². The first kappa shape index (κ1) is 32.5. The number of benzene rings is 3. The van der Waals surface area contributed by atoms with Crippen LogP contribution >= 0.6 is 0 Å². The van der Waals surface area contributed by atoms with Gasteiger partial charge in [-0.05, 0) is 75.1 Å². The van der Waals surface area contributed by atoms with Crippen LogP contribution in [0.25, 0.3) is 0 Å². The first-order valence-electron chi connectivity index (χ1n) is 13.9. The van der Waals surface area contributed by atoms with Crippen molar-refractivity contribution in [2.24, 2.45) is 0 Å². The molecule has 0 bridgehead atoms. The van der Waals surface area contributed by atoms with Crippen molar-refractivity contribution in [1.82, 2.24) is 10.2 Å². The Morgan fingerprint density at radius 1 is 0.833 bits per heavy atom. The molecule has 3 aromatic carbocycles. The molecule has 3 aromatic rings. The number of methoxy groups -OCH3 is 2. The zero-order valence-corrected chi connectivity index (χ0v) is 26.2. The number of nitrogens with one attached hydrogen (secondary N) is 1. The van der Waals surface area contributed by atoms with Gasteiger partial charge in [-0.2, -0.15) is 0 Å². The van der Waals surface area contributed by atoms with Gasteiger partial charge in [0.05, 0.1) is 24.8 Å². The smallest absolute Gasteiger partial charge is 0.264 e. The Morgan fingerprint density at radius 2 is 1.45 bits per heavy atom. The highest BCUT2D eigenvalue weighted by atomic mass is 32.2. The van der Waals surface area contributed by atoms with Gasteiger partial charge in [-0.1, -0.05) is 42.8 Å². The molecule has 0 unspecified atom stereocenters. The van der Waals surface area contributed by atoms with E-state index >= 15 is 0 Å². The molecular formula is C32H41N3O6S. The van der Waals surface area contributed by atoms with Crippen molar-refractivity contribution in [3.05, 3.63) is 82.9 Å². The summed E-state index contributed by atoms with van der Waals surface area (Å²) in [5.74, 6) is -0.172. The minimum Gasteiger partial charge on any atom is -0.493 e. The number of carbonyl (C=O) groups is 2. The Morgan fingerprint density at radius 3 is 2.00 bits per heavy atom. The van der Waals surface area contributed by atoms with Gasteiger partial charge in [0.25, 0.3) is 10.0 Å². The topological polar surface area (TPSA) is 105 Å². The largest absolute Gasteiger partial charge is 0.493 e. The first-order valence-corrected chi connectivity index (χ1v) is 15.3. The van der Waals surface area contributed by atoms with Gasteiger partial charge in [-0.3, -0.25) is 13.9 Å². The van der Waals surface area contributed by atoms with E-state index in [2.05, 4.69) is 5.32 Å². The molecule has 0 saturated carbocycles. The molecule has 0 aromatic heterocycles. The van der Waals surface area contributed by atoms with Crippen molar-refractivity contribution in [3.8, 4) is 11.5 Å². The van der Waals surface area contributed by atoms with Crippen LogP contribution in [0.3, 0.4) is 0 Å². The second-order valence-electron chi connectivity index (χ2n) is 10.2. The molecule has 9 nitrogen and oxygen atoms in total. The van der Waals surface area contributed by atoms with Crippen LogP contribution in [0.5, 0.6) is 11.5 Å². The number of carbonyl (C=O) groups excluding carboxylic acids is 2. The van der Waals surface area contributed by atoms with Crippen molar-refractivity contribution in [2.75, 3.05) is 31.6 Å². The number of aryl methyl sites for hydroxylation is 3. The molecule has 10 heteroatoms. The van der Waals surface area contributed by atoms with Gasteiger partial charge in [-0.15, -0.1) is 0 Å². The molecule has 42 heavy (non-hydrogen) atoms. The van der Waals surface area contributed by atoms with Gasteiger partial charge in [0.1, 0.15) is 12.6 Å². The van der Waals surface area contributed by atoms with Crippen LogP contribution in [0, 0.1) is 20.8 Å². The average Bonchev–Trinajstić information content (AvgIpc) is 2.95. The van der Waals surface area contributed by atoms with Gasteiger partial charge in [0.2, 0.25) is 11.8 Å². The van der Waals surface area contributed by atoms with Gasteiger partial charge in [0.15, 0.2) is 11.5 Å². The highest BCUT2D eigenvalue weighted by molar-refractivity contribution is 7.92. The van der Waals surface area contributed by atoms with E-state index in [-0.39, 0.29) is 23.1 Å². The Bertz CT molecular complexity index is 1480. The molecule has 1 atom stereocenters. The lowest BCUT2D eigenvalue weighted by atomic mass is 10.1. The Balaban J connectivity index is 2.13. The van der Waals surface area contributed by atoms with Crippen LogP contribution in [0.2, 0.25) is 0 Å². The summed E-state index contributed by atoms with van der Waals surface area (Å²) in [6.45, 7) is 9.39. The molecule has 0 radical (unpaired) electrons. The van der Waals surface area contributed by atoms with E-state index < -0.39 is 28.5 Å². The number of hydrogen-bond donors (Lipinski definition) is 1. The average molecular weight is 596 g/mol. The third-order valence-corrected chi connectivity index (χ3v) is 8.70. The second-order valence-corrected chi connectivity index (χ2v) is 12.1. The van der Waals surface area contributed by atoms with Gasteiger partial charge in [0, 0.05) is 19.2 Å². The number of likely N-dealkylation sites (N-methyl/N-ethyl adjacent to an activating group) is 1. The molecule has 0 spiro atoms. The van der Waals surface area contributed by atoms with Crippen molar-refractivity contribution >= 4 is 27.5 Å². The van der Waals surface area contributed by atoms with Crippen LogP contribution in [0.15, 0.2) is 65.6 Å². The molecule has 3 rings (SSSR count). The van der Waals surface area contributed by atoms with E-state index in [9.17, 15) is 18.0 Å². The number of amides is 2. The summed E-state index contributed by atoms with van der Waals surface area (Å²) in [5, 5.41) is 2.82. The van der Waals surface area contributed by atoms with Crippen LogP contribution in [0.4, 0.5) is 5.69 Å². The highest BCUT2D eigenvalue weighted by Crippen LogP contribution is 2.33. The standard InChI is InChI=1S/C32H41N3O6S/c1-8-28(32(37)33-9-2)34(20-25-12-10-22(3)11-13-25)31(36)21-35(26-17-23(4)16-24(5)18-26)42(38,39)27-14-15-29(40-6)30(19-27)41-7/h10-19,28H,8-9,20-21H2,1-7H3,(H,33,37)/t28-/m0/s1. The zero-order valence-electron chi connectivity index (χ0n) is 25.4. The molecule has 0 heterocycles. The maximum atomic E-state index is 14.2. The lowest BCUT2D eigenvalue weighted by molar-refractivity contribution is -0.140.